The highest BCUT2D eigenvalue weighted by Gasteiger charge is 2.35. The first-order valence-electron chi connectivity index (χ1n) is 10.6. The highest BCUT2D eigenvalue weighted by atomic mass is 32.2. The largest absolute Gasteiger partial charge is 0.381 e. The molecule has 0 bridgehead atoms. The lowest BCUT2D eigenvalue weighted by molar-refractivity contribution is 0.0487. The second kappa shape index (κ2) is 9.48. The van der Waals surface area contributed by atoms with Gasteiger partial charge in [0.05, 0.1) is 18.1 Å². The van der Waals surface area contributed by atoms with Crippen molar-refractivity contribution in [1.82, 2.24) is 9.62 Å². The van der Waals surface area contributed by atoms with Crippen LogP contribution in [-0.4, -0.2) is 64.7 Å². The van der Waals surface area contributed by atoms with Crippen molar-refractivity contribution in [2.75, 3.05) is 46.1 Å². The fraction of sp³-hybridized carbons (Fsp3) is 0.435. The van der Waals surface area contributed by atoms with E-state index in [-0.39, 0.29) is 16.2 Å². The zero-order chi connectivity index (χ0) is 21.7. The number of rotatable bonds is 6. The molecular weight excluding hydrogens is 416 g/mol. The Bertz CT molecular complexity index is 980. The number of nitrogens with one attached hydrogen (secondary N) is 1. The SMILES string of the molecule is O=C(NCC1(c2ccccc2)CCOCC1)c1ccc(S(=O)(=O)N2CCOCC2)cc1. The molecule has 2 aromatic carbocycles. The van der Waals surface area contributed by atoms with Crippen molar-refractivity contribution in [3.63, 3.8) is 0 Å². The van der Waals surface area contributed by atoms with Gasteiger partial charge in [0.25, 0.3) is 5.91 Å². The molecule has 166 valence electrons. The first kappa shape index (κ1) is 22.0. The lowest BCUT2D eigenvalue weighted by Crippen LogP contribution is -2.44. The molecule has 4 rings (SSSR count). The number of hydrogen-bond donors (Lipinski definition) is 1. The molecule has 31 heavy (non-hydrogen) atoms. The van der Waals surface area contributed by atoms with Gasteiger partial charge in [0, 0.05) is 43.8 Å². The summed E-state index contributed by atoms with van der Waals surface area (Å²) in [6.07, 6.45) is 1.68. The molecule has 2 aromatic rings. The van der Waals surface area contributed by atoms with E-state index >= 15 is 0 Å². The van der Waals surface area contributed by atoms with Crippen LogP contribution in [-0.2, 0) is 24.9 Å². The van der Waals surface area contributed by atoms with E-state index in [9.17, 15) is 13.2 Å². The maximum absolute atomic E-state index is 12.8. The van der Waals surface area contributed by atoms with Gasteiger partial charge in [-0.25, -0.2) is 8.42 Å². The van der Waals surface area contributed by atoms with Crippen molar-refractivity contribution in [3.05, 3.63) is 65.7 Å². The zero-order valence-corrected chi connectivity index (χ0v) is 18.3. The molecule has 2 aliphatic rings. The average molecular weight is 445 g/mol. The van der Waals surface area contributed by atoms with E-state index in [4.69, 9.17) is 9.47 Å². The summed E-state index contributed by atoms with van der Waals surface area (Å²) in [5.41, 5.74) is 1.48. The summed E-state index contributed by atoms with van der Waals surface area (Å²) in [5.74, 6) is -0.211. The summed E-state index contributed by atoms with van der Waals surface area (Å²) in [7, 11) is -3.57. The third-order valence-corrected chi connectivity index (χ3v) is 8.06. The van der Waals surface area contributed by atoms with E-state index in [1.54, 1.807) is 12.1 Å². The van der Waals surface area contributed by atoms with Crippen molar-refractivity contribution in [2.45, 2.75) is 23.2 Å². The van der Waals surface area contributed by atoms with E-state index in [2.05, 4.69) is 17.4 Å². The predicted octanol–water partition coefficient (Wildman–Crippen LogP) is 2.19. The fourth-order valence-electron chi connectivity index (χ4n) is 4.19. The molecule has 2 fully saturated rings. The van der Waals surface area contributed by atoms with E-state index in [1.807, 2.05) is 18.2 Å². The molecule has 0 saturated carbocycles. The molecular formula is C23H28N2O5S. The molecule has 0 atom stereocenters. The molecule has 7 nitrogen and oxygen atoms in total. The first-order valence-corrected chi connectivity index (χ1v) is 12.0. The van der Waals surface area contributed by atoms with Crippen LogP contribution in [0.4, 0.5) is 0 Å². The van der Waals surface area contributed by atoms with Crippen molar-refractivity contribution in [1.29, 1.82) is 0 Å². The van der Waals surface area contributed by atoms with Crippen molar-refractivity contribution < 1.29 is 22.7 Å². The predicted molar refractivity (Wildman–Crippen MR) is 117 cm³/mol. The molecule has 0 radical (unpaired) electrons. The van der Waals surface area contributed by atoms with Crippen molar-refractivity contribution in [3.8, 4) is 0 Å². The third kappa shape index (κ3) is 4.82. The molecule has 2 aliphatic heterocycles. The summed E-state index contributed by atoms with van der Waals surface area (Å²) < 4.78 is 37.7. The number of nitrogens with zero attached hydrogens (tertiary/aromatic N) is 1. The van der Waals surface area contributed by atoms with E-state index in [1.165, 1.54) is 22.0 Å². The molecule has 0 unspecified atom stereocenters. The molecule has 0 aromatic heterocycles. The Morgan fingerprint density at radius 3 is 2.16 bits per heavy atom. The first-order chi connectivity index (χ1) is 15.0. The summed E-state index contributed by atoms with van der Waals surface area (Å²) in [4.78, 5) is 13.0. The molecule has 2 saturated heterocycles. The quantitative estimate of drug-likeness (QED) is 0.738. The van der Waals surface area contributed by atoms with Gasteiger partial charge in [0.15, 0.2) is 0 Å². The van der Waals surface area contributed by atoms with E-state index in [0.717, 1.165) is 12.8 Å². The number of benzene rings is 2. The smallest absolute Gasteiger partial charge is 0.251 e. The van der Waals surface area contributed by atoms with Crippen molar-refractivity contribution in [2.24, 2.45) is 0 Å². The van der Waals surface area contributed by atoms with Crippen LogP contribution in [0.15, 0.2) is 59.5 Å². The third-order valence-electron chi connectivity index (χ3n) is 6.15. The van der Waals surface area contributed by atoms with Crippen LogP contribution < -0.4 is 5.32 Å². The van der Waals surface area contributed by atoms with Gasteiger partial charge in [-0.3, -0.25) is 4.79 Å². The minimum atomic E-state index is -3.57. The van der Waals surface area contributed by atoms with Crippen LogP contribution in [0.3, 0.4) is 0 Å². The zero-order valence-electron chi connectivity index (χ0n) is 17.5. The highest BCUT2D eigenvalue weighted by molar-refractivity contribution is 7.89. The normalized spacial score (nSPS) is 19.6. The van der Waals surface area contributed by atoms with Crippen molar-refractivity contribution >= 4 is 15.9 Å². The fourth-order valence-corrected chi connectivity index (χ4v) is 5.60. The second-order valence-corrected chi connectivity index (χ2v) is 9.92. The Balaban J connectivity index is 1.45. The minimum absolute atomic E-state index is 0.158. The number of sulfonamides is 1. The molecule has 0 aliphatic carbocycles. The Hall–Kier alpha value is -2.26. The van der Waals surface area contributed by atoms with Crippen LogP contribution in [0.2, 0.25) is 0 Å². The lowest BCUT2D eigenvalue weighted by Gasteiger charge is -2.38. The van der Waals surface area contributed by atoms with Gasteiger partial charge in [0.1, 0.15) is 0 Å². The van der Waals surface area contributed by atoms with Gasteiger partial charge in [-0.05, 0) is 42.7 Å². The van der Waals surface area contributed by atoms with Crippen LogP contribution in [0.1, 0.15) is 28.8 Å². The van der Waals surface area contributed by atoms with Gasteiger partial charge >= 0.3 is 0 Å². The number of ether oxygens (including phenoxy) is 2. The number of amides is 1. The maximum Gasteiger partial charge on any atom is 0.251 e. The van der Waals surface area contributed by atoms with Crippen LogP contribution >= 0.6 is 0 Å². The van der Waals surface area contributed by atoms with E-state index < -0.39 is 10.0 Å². The number of carbonyl (C=O) groups is 1. The van der Waals surface area contributed by atoms with Crippen LogP contribution in [0.25, 0.3) is 0 Å². The topological polar surface area (TPSA) is 84.9 Å². The van der Waals surface area contributed by atoms with Crippen LogP contribution in [0.5, 0.6) is 0 Å². The average Bonchev–Trinajstić information content (AvgIpc) is 2.84. The van der Waals surface area contributed by atoms with Gasteiger partial charge in [-0.2, -0.15) is 4.31 Å². The van der Waals surface area contributed by atoms with E-state index in [0.29, 0.717) is 51.6 Å². The summed E-state index contributed by atoms with van der Waals surface area (Å²) in [6, 6.07) is 16.4. The standard InChI is InChI=1S/C23H28N2O5S/c26-22(24-18-23(10-14-29-15-11-23)20-4-2-1-3-5-20)19-6-8-21(9-7-19)31(27,28)25-12-16-30-17-13-25/h1-9H,10-18H2,(H,24,26). The Labute approximate surface area is 183 Å². The number of morpholine rings is 1. The second-order valence-electron chi connectivity index (χ2n) is 7.98. The molecule has 1 amide bonds. The molecule has 8 heteroatoms. The van der Waals surface area contributed by atoms with Gasteiger partial charge < -0.3 is 14.8 Å². The monoisotopic (exact) mass is 444 g/mol. The van der Waals surface area contributed by atoms with Crippen LogP contribution in [0, 0.1) is 0 Å². The Kier molecular flexibility index (Phi) is 6.71. The highest BCUT2D eigenvalue weighted by Crippen LogP contribution is 2.34. The van der Waals surface area contributed by atoms with Gasteiger partial charge in [-0.1, -0.05) is 30.3 Å². The molecule has 0 spiro atoms. The number of carbonyl (C=O) groups excluding carboxylic acids is 1. The summed E-state index contributed by atoms with van der Waals surface area (Å²) in [5, 5.41) is 3.06. The maximum atomic E-state index is 12.8. The Morgan fingerprint density at radius 1 is 0.903 bits per heavy atom. The molecule has 2 heterocycles. The Morgan fingerprint density at radius 2 is 1.52 bits per heavy atom. The summed E-state index contributed by atoms with van der Waals surface area (Å²) >= 11 is 0. The summed E-state index contributed by atoms with van der Waals surface area (Å²) in [6.45, 7) is 3.32. The lowest BCUT2D eigenvalue weighted by atomic mass is 9.74. The van der Waals surface area contributed by atoms with Gasteiger partial charge in [-0.15, -0.1) is 0 Å². The number of hydrogen-bond acceptors (Lipinski definition) is 5. The van der Waals surface area contributed by atoms with Gasteiger partial charge in [0.2, 0.25) is 10.0 Å². The molecule has 1 N–H and O–H groups in total. The minimum Gasteiger partial charge on any atom is -0.381 e.